The minimum atomic E-state index is -0.519. The molecule has 0 aliphatic carbocycles. The molecule has 2 aromatic heterocycles. The normalized spacial score (nSPS) is 10.4. The molecule has 0 spiro atoms. The van der Waals surface area contributed by atoms with Gasteiger partial charge in [0.2, 0.25) is 0 Å². The van der Waals surface area contributed by atoms with Crippen LogP contribution in [0.15, 0.2) is 32.3 Å². The van der Waals surface area contributed by atoms with Crippen molar-refractivity contribution < 1.29 is 9.53 Å². The Morgan fingerprint density at radius 1 is 1.57 bits per heavy atom. The van der Waals surface area contributed by atoms with E-state index in [1.807, 2.05) is 5.38 Å². The minimum Gasteiger partial charge on any atom is -0.468 e. The van der Waals surface area contributed by atoms with Crippen LogP contribution in [-0.4, -0.2) is 29.4 Å². The molecule has 8 heteroatoms. The van der Waals surface area contributed by atoms with Crippen LogP contribution in [0.3, 0.4) is 0 Å². The van der Waals surface area contributed by atoms with Gasteiger partial charge in [-0.25, -0.2) is 4.68 Å². The van der Waals surface area contributed by atoms with Gasteiger partial charge in [-0.3, -0.25) is 9.59 Å². The Kier molecular flexibility index (Phi) is 5.51. The number of hydrogen-bond donors (Lipinski definition) is 1. The van der Waals surface area contributed by atoms with Crippen molar-refractivity contribution in [3.63, 3.8) is 0 Å². The lowest BCUT2D eigenvalue weighted by atomic mass is 10.2. The average Bonchev–Trinajstić information content (AvgIpc) is 2.99. The molecule has 0 bridgehead atoms. The first kappa shape index (κ1) is 15.7. The van der Waals surface area contributed by atoms with E-state index in [0.29, 0.717) is 16.7 Å². The van der Waals surface area contributed by atoms with Gasteiger partial charge in [0.1, 0.15) is 11.0 Å². The van der Waals surface area contributed by atoms with E-state index < -0.39 is 5.97 Å². The zero-order valence-electron chi connectivity index (χ0n) is 11.3. The van der Waals surface area contributed by atoms with Gasteiger partial charge in [0.05, 0.1) is 19.0 Å². The fourth-order valence-corrected chi connectivity index (χ4v) is 2.81. The summed E-state index contributed by atoms with van der Waals surface area (Å²) in [6.07, 6.45) is 2.38. The molecular formula is C13H14BrN3O3S. The molecule has 0 saturated carbocycles. The minimum absolute atomic E-state index is 0.205. The standard InChI is InChI=1S/C13H14BrN3O3S/c1-20-11(18)7-17-13(19)12(14)10(6-16-17)15-4-2-9-3-5-21-8-9/h3,5-6,8,15H,2,4,7H2,1H3. The highest BCUT2D eigenvalue weighted by Gasteiger charge is 2.11. The van der Waals surface area contributed by atoms with Crippen LogP contribution >= 0.6 is 27.3 Å². The van der Waals surface area contributed by atoms with Crippen molar-refractivity contribution in [1.82, 2.24) is 9.78 Å². The number of aromatic nitrogens is 2. The third kappa shape index (κ3) is 4.15. The molecule has 0 fully saturated rings. The number of hydrogen-bond acceptors (Lipinski definition) is 6. The summed E-state index contributed by atoms with van der Waals surface area (Å²) in [6, 6.07) is 2.06. The largest absolute Gasteiger partial charge is 0.468 e. The van der Waals surface area contributed by atoms with Gasteiger partial charge >= 0.3 is 5.97 Å². The Hall–Kier alpha value is -1.67. The number of carbonyl (C=O) groups is 1. The summed E-state index contributed by atoms with van der Waals surface area (Å²) in [4.78, 5) is 23.2. The molecule has 1 N–H and O–H groups in total. The number of esters is 1. The lowest BCUT2D eigenvalue weighted by Gasteiger charge is -2.09. The Morgan fingerprint density at radius 2 is 2.38 bits per heavy atom. The molecule has 2 heterocycles. The molecule has 112 valence electrons. The van der Waals surface area contributed by atoms with Gasteiger partial charge in [-0.15, -0.1) is 0 Å². The van der Waals surface area contributed by atoms with Gasteiger partial charge in [0, 0.05) is 6.54 Å². The van der Waals surface area contributed by atoms with E-state index in [0.717, 1.165) is 11.1 Å². The first-order chi connectivity index (χ1) is 10.1. The SMILES string of the molecule is COC(=O)Cn1ncc(NCCc2ccsc2)c(Br)c1=O. The summed E-state index contributed by atoms with van der Waals surface area (Å²) in [5, 5.41) is 11.2. The molecular weight excluding hydrogens is 358 g/mol. The molecule has 0 atom stereocenters. The molecule has 21 heavy (non-hydrogen) atoms. The van der Waals surface area contributed by atoms with E-state index in [-0.39, 0.29) is 12.1 Å². The van der Waals surface area contributed by atoms with Crippen LogP contribution < -0.4 is 10.9 Å². The zero-order valence-corrected chi connectivity index (χ0v) is 13.7. The lowest BCUT2D eigenvalue weighted by Crippen LogP contribution is -2.28. The van der Waals surface area contributed by atoms with E-state index in [4.69, 9.17) is 0 Å². The summed E-state index contributed by atoms with van der Waals surface area (Å²) in [5.74, 6) is -0.519. The van der Waals surface area contributed by atoms with E-state index in [2.05, 4.69) is 42.5 Å². The highest BCUT2D eigenvalue weighted by Crippen LogP contribution is 2.16. The Bertz CT molecular complexity index is 670. The molecule has 0 amide bonds. The predicted octanol–water partition coefficient (Wildman–Crippen LogP) is 1.89. The number of nitrogens with one attached hydrogen (secondary N) is 1. The summed E-state index contributed by atoms with van der Waals surface area (Å²) in [7, 11) is 1.27. The number of anilines is 1. The van der Waals surface area contributed by atoms with Crippen molar-refractivity contribution in [2.45, 2.75) is 13.0 Å². The number of halogens is 1. The van der Waals surface area contributed by atoms with Gasteiger partial charge in [0.15, 0.2) is 0 Å². The van der Waals surface area contributed by atoms with Crippen LogP contribution in [0, 0.1) is 0 Å². The maximum absolute atomic E-state index is 12.0. The molecule has 0 saturated heterocycles. The van der Waals surface area contributed by atoms with Crippen LogP contribution in [0.5, 0.6) is 0 Å². The van der Waals surface area contributed by atoms with Crippen molar-refractivity contribution in [2.24, 2.45) is 0 Å². The summed E-state index contributed by atoms with van der Waals surface area (Å²) in [5.41, 5.74) is 1.48. The Morgan fingerprint density at radius 3 is 3.05 bits per heavy atom. The molecule has 2 rings (SSSR count). The third-order valence-electron chi connectivity index (χ3n) is 2.80. The van der Waals surface area contributed by atoms with Crippen LogP contribution in [0.2, 0.25) is 0 Å². The van der Waals surface area contributed by atoms with E-state index >= 15 is 0 Å². The summed E-state index contributed by atoms with van der Waals surface area (Å²) in [6.45, 7) is 0.487. The lowest BCUT2D eigenvalue weighted by molar-refractivity contribution is -0.141. The van der Waals surface area contributed by atoms with Gasteiger partial charge < -0.3 is 10.1 Å². The molecule has 6 nitrogen and oxygen atoms in total. The van der Waals surface area contributed by atoms with Gasteiger partial charge in [0.25, 0.3) is 5.56 Å². The van der Waals surface area contributed by atoms with Crippen LogP contribution in [0.1, 0.15) is 5.56 Å². The van der Waals surface area contributed by atoms with Crippen molar-refractivity contribution in [3.8, 4) is 0 Å². The van der Waals surface area contributed by atoms with Crippen molar-refractivity contribution >= 4 is 38.9 Å². The number of carbonyl (C=O) groups excluding carboxylic acids is 1. The summed E-state index contributed by atoms with van der Waals surface area (Å²) < 4.78 is 5.93. The van der Waals surface area contributed by atoms with Crippen molar-refractivity contribution in [3.05, 3.63) is 43.4 Å². The zero-order chi connectivity index (χ0) is 15.2. The van der Waals surface area contributed by atoms with Crippen molar-refractivity contribution in [1.29, 1.82) is 0 Å². The van der Waals surface area contributed by atoms with Gasteiger partial charge in [-0.2, -0.15) is 16.4 Å². The fraction of sp³-hybridized carbons (Fsp3) is 0.308. The number of methoxy groups -OCH3 is 1. The van der Waals surface area contributed by atoms with Crippen LogP contribution in [-0.2, 0) is 22.5 Å². The quantitative estimate of drug-likeness (QED) is 0.785. The van der Waals surface area contributed by atoms with Crippen LogP contribution in [0.25, 0.3) is 0 Å². The second-order valence-corrected chi connectivity index (χ2v) is 5.79. The first-order valence-corrected chi connectivity index (χ1v) is 7.92. The summed E-state index contributed by atoms with van der Waals surface area (Å²) >= 11 is 4.89. The number of ether oxygens (including phenoxy) is 1. The third-order valence-corrected chi connectivity index (χ3v) is 4.30. The molecule has 0 aliphatic rings. The topological polar surface area (TPSA) is 73.2 Å². The number of rotatable bonds is 6. The van der Waals surface area contributed by atoms with E-state index in [9.17, 15) is 9.59 Å². The van der Waals surface area contributed by atoms with Crippen molar-refractivity contribution in [2.75, 3.05) is 19.0 Å². The Labute approximate surface area is 133 Å². The maximum Gasteiger partial charge on any atom is 0.327 e. The fourth-order valence-electron chi connectivity index (χ4n) is 1.66. The average molecular weight is 372 g/mol. The monoisotopic (exact) mass is 371 g/mol. The molecule has 2 aromatic rings. The van der Waals surface area contributed by atoms with E-state index in [1.165, 1.54) is 18.9 Å². The molecule has 0 aromatic carbocycles. The molecule has 0 unspecified atom stereocenters. The number of nitrogens with zero attached hydrogens (tertiary/aromatic N) is 2. The number of thiophene rings is 1. The second-order valence-electron chi connectivity index (χ2n) is 4.22. The van der Waals surface area contributed by atoms with Crippen LogP contribution in [0.4, 0.5) is 5.69 Å². The highest BCUT2D eigenvalue weighted by atomic mass is 79.9. The van der Waals surface area contributed by atoms with E-state index in [1.54, 1.807) is 11.3 Å². The van der Waals surface area contributed by atoms with Gasteiger partial charge in [-0.1, -0.05) is 0 Å². The molecule has 0 radical (unpaired) electrons. The highest BCUT2D eigenvalue weighted by molar-refractivity contribution is 9.10. The van der Waals surface area contributed by atoms with Gasteiger partial charge in [-0.05, 0) is 44.7 Å². The predicted molar refractivity (Wildman–Crippen MR) is 84.7 cm³/mol. The second kappa shape index (κ2) is 7.37. The Balaban J connectivity index is 2.02. The first-order valence-electron chi connectivity index (χ1n) is 6.19. The maximum atomic E-state index is 12.0. The smallest absolute Gasteiger partial charge is 0.327 e. The molecule has 0 aliphatic heterocycles.